The number of Topliss-reactive ketones (excluding diaryl/α,β-unsaturated/α-hetero) is 1. The highest BCUT2D eigenvalue weighted by atomic mass is 16.5. The summed E-state index contributed by atoms with van der Waals surface area (Å²) in [6.45, 7) is -0.273. The van der Waals surface area contributed by atoms with Crippen LogP contribution in [-0.4, -0.2) is 48.4 Å². The minimum absolute atomic E-state index is 0.0793. The van der Waals surface area contributed by atoms with Crippen LogP contribution in [0.1, 0.15) is 44.9 Å². The van der Waals surface area contributed by atoms with Crippen LogP contribution in [0.25, 0.3) is 0 Å². The number of nitrogens with one attached hydrogen (secondary N) is 1. The predicted molar refractivity (Wildman–Crippen MR) is 72.2 cm³/mol. The van der Waals surface area contributed by atoms with Crippen LogP contribution in [0, 0.1) is 0 Å². The highest BCUT2D eigenvalue weighted by molar-refractivity contribution is 6.09. The molecule has 20 heavy (non-hydrogen) atoms. The molecule has 1 heterocycles. The summed E-state index contributed by atoms with van der Waals surface area (Å²) in [6, 6.07) is -0.444. The number of ether oxygens (including phenoxy) is 1. The van der Waals surface area contributed by atoms with Crippen molar-refractivity contribution in [3.63, 3.8) is 0 Å². The molecule has 1 saturated heterocycles. The van der Waals surface area contributed by atoms with Gasteiger partial charge in [-0.1, -0.05) is 32.1 Å². The van der Waals surface area contributed by atoms with Crippen molar-refractivity contribution in [2.24, 2.45) is 0 Å². The van der Waals surface area contributed by atoms with E-state index < -0.39 is 11.6 Å². The van der Waals surface area contributed by atoms with Crippen molar-refractivity contribution in [1.82, 2.24) is 10.2 Å². The standard InChI is InChI=1S/C14H22N2O4/c1-20-10-11(17)9-16-12(18)14(15-13(16)19)7-5-3-2-4-6-8-14/h2-10H2,1H3,(H,15,19). The van der Waals surface area contributed by atoms with Crippen molar-refractivity contribution < 1.29 is 19.1 Å². The molecule has 0 atom stereocenters. The quantitative estimate of drug-likeness (QED) is 0.787. The summed E-state index contributed by atoms with van der Waals surface area (Å²) < 4.78 is 4.74. The highest BCUT2D eigenvalue weighted by Gasteiger charge is 2.50. The number of ketones is 1. The number of rotatable bonds is 4. The molecule has 1 aliphatic carbocycles. The third-order valence-electron chi connectivity index (χ3n) is 4.09. The van der Waals surface area contributed by atoms with Gasteiger partial charge in [0.25, 0.3) is 5.91 Å². The minimum Gasteiger partial charge on any atom is -0.377 e. The first-order chi connectivity index (χ1) is 9.59. The first-order valence-electron chi connectivity index (χ1n) is 7.24. The van der Waals surface area contributed by atoms with Crippen molar-refractivity contribution in [2.75, 3.05) is 20.3 Å². The van der Waals surface area contributed by atoms with Crippen molar-refractivity contribution >= 4 is 17.7 Å². The van der Waals surface area contributed by atoms with Gasteiger partial charge in [-0.2, -0.15) is 0 Å². The van der Waals surface area contributed by atoms with E-state index in [2.05, 4.69) is 5.32 Å². The molecule has 1 aliphatic heterocycles. The lowest BCUT2D eigenvalue weighted by Crippen LogP contribution is -2.47. The Hall–Kier alpha value is -1.43. The van der Waals surface area contributed by atoms with Gasteiger partial charge in [0.15, 0.2) is 5.78 Å². The predicted octanol–water partition coefficient (Wildman–Crippen LogP) is 1.24. The maximum Gasteiger partial charge on any atom is 0.325 e. The molecule has 0 unspecified atom stereocenters. The van der Waals surface area contributed by atoms with E-state index in [0.717, 1.165) is 30.6 Å². The molecule has 1 N–H and O–H groups in total. The molecule has 0 aromatic heterocycles. The maximum absolute atomic E-state index is 12.5. The van der Waals surface area contributed by atoms with E-state index in [-0.39, 0.29) is 24.8 Å². The molecule has 1 spiro atoms. The Bertz CT molecular complexity index is 400. The zero-order valence-electron chi connectivity index (χ0n) is 11.9. The van der Waals surface area contributed by atoms with Crippen LogP contribution in [0.5, 0.6) is 0 Å². The van der Waals surface area contributed by atoms with Gasteiger partial charge in [0.05, 0.1) is 6.54 Å². The molecule has 0 aromatic rings. The zero-order valence-corrected chi connectivity index (χ0v) is 11.9. The van der Waals surface area contributed by atoms with Gasteiger partial charge in [0.1, 0.15) is 12.1 Å². The Morgan fingerprint density at radius 3 is 2.40 bits per heavy atom. The number of hydrogen-bond acceptors (Lipinski definition) is 4. The van der Waals surface area contributed by atoms with Gasteiger partial charge in [-0.3, -0.25) is 14.5 Å². The molecule has 6 nitrogen and oxygen atoms in total. The van der Waals surface area contributed by atoms with Gasteiger partial charge in [0, 0.05) is 7.11 Å². The summed E-state index contributed by atoms with van der Waals surface area (Å²) in [5.41, 5.74) is -0.773. The molecule has 2 aliphatic rings. The number of carbonyl (C=O) groups is 3. The molecular formula is C14H22N2O4. The summed E-state index contributed by atoms with van der Waals surface area (Å²) in [4.78, 5) is 37.2. The van der Waals surface area contributed by atoms with Crippen LogP contribution < -0.4 is 5.32 Å². The van der Waals surface area contributed by atoms with Gasteiger partial charge < -0.3 is 10.1 Å². The second-order valence-corrected chi connectivity index (χ2v) is 5.64. The number of imide groups is 1. The van der Waals surface area contributed by atoms with Crippen LogP contribution in [0.4, 0.5) is 4.79 Å². The smallest absolute Gasteiger partial charge is 0.325 e. The average Bonchev–Trinajstić information content (AvgIpc) is 2.60. The van der Waals surface area contributed by atoms with Crippen LogP contribution in [-0.2, 0) is 14.3 Å². The third-order valence-corrected chi connectivity index (χ3v) is 4.09. The molecule has 3 amide bonds. The largest absolute Gasteiger partial charge is 0.377 e. The lowest BCUT2D eigenvalue weighted by atomic mass is 9.84. The Morgan fingerprint density at radius 2 is 1.80 bits per heavy atom. The second-order valence-electron chi connectivity index (χ2n) is 5.64. The van der Waals surface area contributed by atoms with E-state index in [9.17, 15) is 14.4 Å². The number of hydrogen-bond donors (Lipinski definition) is 1. The molecule has 112 valence electrons. The molecule has 0 radical (unpaired) electrons. The molecule has 2 rings (SSSR count). The van der Waals surface area contributed by atoms with Gasteiger partial charge in [-0.25, -0.2) is 4.79 Å². The summed E-state index contributed by atoms with van der Waals surface area (Å²) >= 11 is 0. The fraction of sp³-hybridized carbons (Fsp3) is 0.786. The Morgan fingerprint density at radius 1 is 1.20 bits per heavy atom. The van der Waals surface area contributed by atoms with Crippen LogP contribution in [0.15, 0.2) is 0 Å². The van der Waals surface area contributed by atoms with Crippen molar-refractivity contribution in [1.29, 1.82) is 0 Å². The molecule has 2 fully saturated rings. The van der Waals surface area contributed by atoms with E-state index in [1.165, 1.54) is 13.5 Å². The molecule has 0 bridgehead atoms. The summed E-state index contributed by atoms with van der Waals surface area (Å²) in [6.07, 6.45) is 6.59. The van der Waals surface area contributed by atoms with Crippen LogP contribution in [0.3, 0.4) is 0 Å². The van der Waals surface area contributed by atoms with Gasteiger partial charge in [-0.15, -0.1) is 0 Å². The topological polar surface area (TPSA) is 75.7 Å². The normalized spacial score (nSPS) is 22.6. The highest BCUT2D eigenvalue weighted by Crippen LogP contribution is 2.31. The molecule has 0 aromatic carbocycles. The first-order valence-corrected chi connectivity index (χ1v) is 7.24. The summed E-state index contributed by atoms with van der Waals surface area (Å²) in [5.74, 6) is -0.507. The van der Waals surface area contributed by atoms with Crippen molar-refractivity contribution in [2.45, 2.75) is 50.5 Å². The van der Waals surface area contributed by atoms with Gasteiger partial charge in [0.2, 0.25) is 0 Å². The molecular weight excluding hydrogens is 260 g/mol. The average molecular weight is 282 g/mol. The van der Waals surface area contributed by atoms with Gasteiger partial charge >= 0.3 is 6.03 Å². The fourth-order valence-electron chi connectivity index (χ4n) is 3.05. The number of amides is 3. The minimum atomic E-state index is -0.773. The monoisotopic (exact) mass is 282 g/mol. The van der Waals surface area contributed by atoms with Crippen molar-refractivity contribution in [3.8, 4) is 0 Å². The van der Waals surface area contributed by atoms with E-state index in [1.807, 2.05) is 0 Å². The first kappa shape index (κ1) is 15.0. The SMILES string of the molecule is COCC(=O)CN1C(=O)NC2(CCCCCCC2)C1=O. The fourth-order valence-corrected chi connectivity index (χ4v) is 3.05. The van der Waals surface area contributed by atoms with E-state index in [0.29, 0.717) is 12.8 Å². The van der Waals surface area contributed by atoms with E-state index in [1.54, 1.807) is 0 Å². The number of methoxy groups -OCH3 is 1. The number of carbonyl (C=O) groups excluding carboxylic acids is 3. The summed E-state index contributed by atoms with van der Waals surface area (Å²) in [5, 5.41) is 2.83. The van der Waals surface area contributed by atoms with E-state index in [4.69, 9.17) is 4.74 Å². The summed E-state index contributed by atoms with van der Waals surface area (Å²) in [7, 11) is 1.42. The maximum atomic E-state index is 12.5. The molecule has 1 saturated carbocycles. The molecule has 6 heteroatoms. The third kappa shape index (κ3) is 3.00. The Balaban J connectivity index is 2.08. The Labute approximate surface area is 118 Å². The van der Waals surface area contributed by atoms with Crippen molar-refractivity contribution in [3.05, 3.63) is 0 Å². The number of urea groups is 1. The Kier molecular flexibility index (Phi) is 4.75. The van der Waals surface area contributed by atoms with E-state index >= 15 is 0 Å². The van der Waals surface area contributed by atoms with Crippen LogP contribution >= 0.6 is 0 Å². The lowest BCUT2D eigenvalue weighted by molar-refractivity contribution is -0.135. The zero-order chi connectivity index (χ0) is 14.6. The second kappa shape index (κ2) is 6.35. The van der Waals surface area contributed by atoms with Gasteiger partial charge in [-0.05, 0) is 12.8 Å². The number of nitrogens with zero attached hydrogens (tertiary/aromatic N) is 1. The van der Waals surface area contributed by atoms with Crippen LogP contribution in [0.2, 0.25) is 0 Å². The lowest BCUT2D eigenvalue weighted by Gasteiger charge is -2.28.